The van der Waals surface area contributed by atoms with Crippen LogP contribution in [0, 0.1) is 0 Å². The number of amides is 1. The molecule has 0 unspecified atom stereocenters. The van der Waals surface area contributed by atoms with Gasteiger partial charge in [0.05, 0.1) is 5.70 Å². The molecule has 0 radical (unpaired) electrons. The van der Waals surface area contributed by atoms with E-state index < -0.39 is 5.91 Å². The lowest BCUT2D eigenvalue weighted by Gasteiger charge is -2.07. The second-order valence-electron chi connectivity index (χ2n) is 4.54. The molecule has 23 heavy (non-hydrogen) atoms. The van der Waals surface area contributed by atoms with Crippen LogP contribution in [0.3, 0.4) is 0 Å². The third-order valence-electron chi connectivity index (χ3n) is 3.00. The maximum atomic E-state index is 12.1. The van der Waals surface area contributed by atoms with Crippen LogP contribution >= 0.6 is 11.6 Å². The SMILES string of the molecule is N/C=C(\C=C(/C=O)NC(=O)c1ccc(Cl)cc1)c1ccncc1. The molecule has 116 valence electrons. The summed E-state index contributed by atoms with van der Waals surface area (Å²) >= 11 is 5.78. The summed E-state index contributed by atoms with van der Waals surface area (Å²) in [5.41, 5.74) is 7.45. The summed E-state index contributed by atoms with van der Waals surface area (Å²) in [6.07, 6.45) is 6.63. The monoisotopic (exact) mass is 327 g/mol. The molecule has 0 saturated carbocycles. The number of nitrogens with two attached hydrogens (primary N) is 1. The van der Waals surface area contributed by atoms with Crippen molar-refractivity contribution in [3.8, 4) is 0 Å². The fourth-order valence-corrected chi connectivity index (χ4v) is 1.97. The molecule has 1 heterocycles. The van der Waals surface area contributed by atoms with Gasteiger partial charge in [-0.15, -0.1) is 0 Å². The summed E-state index contributed by atoms with van der Waals surface area (Å²) in [6.45, 7) is 0. The molecule has 0 aliphatic rings. The Morgan fingerprint density at radius 3 is 2.30 bits per heavy atom. The Kier molecular flexibility index (Phi) is 5.66. The number of aldehydes is 1. The number of aromatic nitrogens is 1. The lowest BCUT2D eigenvalue weighted by molar-refractivity contribution is -0.105. The van der Waals surface area contributed by atoms with Crippen LogP contribution in [-0.4, -0.2) is 17.2 Å². The Morgan fingerprint density at radius 1 is 1.09 bits per heavy atom. The smallest absolute Gasteiger partial charge is 0.255 e. The minimum atomic E-state index is -0.411. The van der Waals surface area contributed by atoms with Crippen molar-refractivity contribution in [2.75, 3.05) is 0 Å². The van der Waals surface area contributed by atoms with E-state index in [-0.39, 0.29) is 5.70 Å². The fraction of sp³-hybridized carbons (Fsp3) is 0. The van der Waals surface area contributed by atoms with Crippen LogP contribution in [0.4, 0.5) is 0 Å². The minimum absolute atomic E-state index is 0.0958. The van der Waals surface area contributed by atoms with Crippen LogP contribution in [0.1, 0.15) is 15.9 Å². The second-order valence-corrected chi connectivity index (χ2v) is 4.97. The number of pyridine rings is 1. The number of hydrogen-bond acceptors (Lipinski definition) is 4. The third-order valence-corrected chi connectivity index (χ3v) is 3.25. The number of benzene rings is 1. The first-order valence-electron chi connectivity index (χ1n) is 6.70. The highest BCUT2D eigenvalue weighted by atomic mass is 35.5. The molecule has 1 aromatic heterocycles. The summed E-state index contributed by atoms with van der Waals surface area (Å²) in [7, 11) is 0. The Hall–Kier alpha value is -2.92. The van der Waals surface area contributed by atoms with E-state index >= 15 is 0 Å². The van der Waals surface area contributed by atoms with Gasteiger partial charge in [0.2, 0.25) is 0 Å². The molecule has 0 spiro atoms. The van der Waals surface area contributed by atoms with Crippen molar-refractivity contribution in [2.45, 2.75) is 0 Å². The van der Waals surface area contributed by atoms with Gasteiger partial charge in [0, 0.05) is 29.2 Å². The van der Waals surface area contributed by atoms with E-state index in [1.807, 2.05) is 0 Å². The van der Waals surface area contributed by atoms with Crippen molar-refractivity contribution in [1.82, 2.24) is 10.3 Å². The summed E-state index contributed by atoms with van der Waals surface area (Å²) < 4.78 is 0. The molecule has 6 heteroatoms. The van der Waals surface area contributed by atoms with Crippen molar-refractivity contribution in [2.24, 2.45) is 5.73 Å². The number of carbonyl (C=O) groups is 2. The summed E-state index contributed by atoms with van der Waals surface area (Å²) in [5.74, 6) is -0.411. The van der Waals surface area contributed by atoms with Gasteiger partial charge >= 0.3 is 0 Å². The first-order chi connectivity index (χ1) is 11.1. The van der Waals surface area contributed by atoms with E-state index in [2.05, 4.69) is 10.3 Å². The van der Waals surface area contributed by atoms with Gasteiger partial charge in [0.1, 0.15) is 0 Å². The molecule has 1 aromatic carbocycles. The van der Waals surface area contributed by atoms with Crippen LogP contribution in [0.15, 0.2) is 66.8 Å². The number of nitrogens with zero attached hydrogens (tertiary/aromatic N) is 1. The second kappa shape index (κ2) is 7.91. The molecule has 0 bridgehead atoms. The summed E-state index contributed by atoms with van der Waals surface area (Å²) in [5, 5.41) is 3.06. The first-order valence-corrected chi connectivity index (χ1v) is 7.08. The zero-order valence-corrected chi connectivity index (χ0v) is 12.8. The van der Waals surface area contributed by atoms with Gasteiger partial charge < -0.3 is 11.1 Å². The van der Waals surface area contributed by atoms with E-state index in [1.165, 1.54) is 12.3 Å². The van der Waals surface area contributed by atoms with Gasteiger partial charge in [0.25, 0.3) is 5.91 Å². The Morgan fingerprint density at radius 2 is 1.74 bits per heavy atom. The molecule has 0 atom stereocenters. The largest absolute Gasteiger partial charge is 0.404 e. The molecule has 1 amide bonds. The number of carbonyl (C=O) groups excluding carboxylic acids is 2. The highest BCUT2D eigenvalue weighted by Crippen LogP contribution is 2.15. The van der Waals surface area contributed by atoms with E-state index in [9.17, 15) is 9.59 Å². The molecule has 2 rings (SSSR count). The number of nitrogens with one attached hydrogen (secondary N) is 1. The fourth-order valence-electron chi connectivity index (χ4n) is 1.84. The Balaban J connectivity index is 2.20. The van der Waals surface area contributed by atoms with Crippen LogP contribution in [0.2, 0.25) is 5.02 Å². The third kappa shape index (κ3) is 4.52. The predicted molar refractivity (Wildman–Crippen MR) is 89.5 cm³/mol. The molecule has 3 N–H and O–H groups in total. The Bertz CT molecular complexity index is 753. The van der Waals surface area contributed by atoms with E-state index in [1.54, 1.807) is 48.8 Å². The minimum Gasteiger partial charge on any atom is -0.404 e. The molecule has 5 nitrogen and oxygen atoms in total. The van der Waals surface area contributed by atoms with E-state index in [0.29, 0.717) is 22.4 Å². The zero-order chi connectivity index (χ0) is 16.7. The van der Waals surface area contributed by atoms with Gasteiger partial charge in [-0.3, -0.25) is 14.6 Å². The standard InChI is InChI=1S/C17H14ClN3O2/c18-15-3-1-13(2-4-15)17(23)21-16(11-22)9-14(10-19)12-5-7-20-8-6-12/h1-11H,19H2,(H,21,23)/b14-10+,16-9+. The number of hydrogen-bond donors (Lipinski definition) is 2. The van der Waals surface area contributed by atoms with Gasteiger partial charge in [0.15, 0.2) is 6.29 Å². The molecule has 0 fully saturated rings. The van der Waals surface area contributed by atoms with Gasteiger partial charge in [-0.05, 0) is 53.6 Å². The molecular weight excluding hydrogens is 314 g/mol. The maximum absolute atomic E-state index is 12.1. The summed E-state index contributed by atoms with van der Waals surface area (Å²) in [4.78, 5) is 27.3. The normalized spacial score (nSPS) is 11.9. The van der Waals surface area contributed by atoms with E-state index in [0.717, 1.165) is 5.56 Å². The van der Waals surface area contributed by atoms with Crippen LogP contribution in [0.25, 0.3) is 5.57 Å². The molecule has 2 aromatic rings. The van der Waals surface area contributed by atoms with Gasteiger partial charge in [-0.1, -0.05) is 11.6 Å². The van der Waals surface area contributed by atoms with Crippen molar-refractivity contribution in [3.05, 3.63) is 82.9 Å². The van der Waals surface area contributed by atoms with Crippen molar-refractivity contribution in [1.29, 1.82) is 0 Å². The quantitative estimate of drug-likeness (QED) is 0.502. The summed E-state index contributed by atoms with van der Waals surface area (Å²) in [6, 6.07) is 9.84. The lowest BCUT2D eigenvalue weighted by atomic mass is 10.1. The van der Waals surface area contributed by atoms with Crippen molar-refractivity contribution >= 4 is 29.4 Å². The lowest BCUT2D eigenvalue weighted by Crippen LogP contribution is -2.23. The highest BCUT2D eigenvalue weighted by molar-refractivity contribution is 6.30. The average Bonchev–Trinajstić information content (AvgIpc) is 2.59. The van der Waals surface area contributed by atoms with Crippen LogP contribution in [-0.2, 0) is 4.79 Å². The van der Waals surface area contributed by atoms with Crippen LogP contribution in [0.5, 0.6) is 0 Å². The topological polar surface area (TPSA) is 85.1 Å². The van der Waals surface area contributed by atoms with Gasteiger partial charge in [-0.2, -0.15) is 0 Å². The molecule has 0 aliphatic carbocycles. The molecular formula is C17H14ClN3O2. The average molecular weight is 328 g/mol. The zero-order valence-electron chi connectivity index (χ0n) is 12.1. The predicted octanol–water partition coefficient (Wildman–Crippen LogP) is 2.55. The number of rotatable bonds is 5. The van der Waals surface area contributed by atoms with Crippen molar-refractivity contribution < 1.29 is 9.59 Å². The number of allylic oxidation sites excluding steroid dienone is 3. The first kappa shape index (κ1) is 16.5. The van der Waals surface area contributed by atoms with Crippen molar-refractivity contribution in [3.63, 3.8) is 0 Å². The Labute approximate surface area is 138 Å². The van der Waals surface area contributed by atoms with E-state index in [4.69, 9.17) is 17.3 Å². The molecule has 0 saturated heterocycles. The van der Waals surface area contributed by atoms with Gasteiger partial charge in [-0.25, -0.2) is 0 Å². The maximum Gasteiger partial charge on any atom is 0.255 e. The molecule has 0 aliphatic heterocycles. The highest BCUT2D eigenvalue weighted by Gasteiger charge is 2.08. The number of halogens is 1. The van der Waals surface area contributed by atoms with Crippen LogP contribution < -0.4 is 11.1 Å².